The Balaban J connectivity index is 0.00000288. The van der Waals surface area contributed by atoms with Gasteiger partial charge >= 0.3 is 0 Å². The van der Waals surface area contributed by atoms with Crippen LogP contribution in [0, 0.1) is 6.07 Å². The number of pyridine rings is 1. The Labute approximate surface area is 179 Å². The summed E-state index contributed by atoms with van der Waals surface area (Å²) in [5.41, 5.74) is 0.286. The standard InChI is InChI=1S/C15H12Br2F2NO3.Y/c1-22-8-23-9-2-3-10(12(17)6-9)13-5-4-11(16)15(21)20(13)7-14(18)19;/h2-4,6,14H,7-8H2,1H3;/q-1;. The third-order valence-corrected chi connectivity index (χ3v) is 4.14. The maximum Gasteiger partial charge on any atom is 0.256 e. The molecule has 0 spiro atoms. The molecular weight excluding hydrogens is 529 g/mol. The van der Waals surface area contributed by atoms with E-state index in [1.165, 1.54) is 13.2 Å². The molecule has 0 aliphatic carbocycles. The molecule has 1 aromatic carbocycles. The number of methoxy groups -OCH3 is 1. The monoisotopic (exact) mass is 539 g/mol. The Bertz CT molecular complexity index is 756. The van der Waals surface area contributed by atoms with E-state index in [-0.39, 0.29) is 49.7 Å². The molecule has 0 atom stereocenters. The molecule has 2 rings (SSSR count). The average Bonchev–Trinajstić information content (AvgIpc) is 2.50. The fourth-order valence-electron chi connectivity index (χ4n) is 1.94. The molecule has 0 fully saturated rings. The van der Waals surface area contributed by atoms with Crippen LogP contribution >= 0.6 is 31.9 Å². The second kappa shape index (κ2) is 10.1. The normalized spacial score (nSPS) is 10.6. The van der Waals surface area contributed by atoms with E-state index in [1.807, 2.05) is 0 Å². The molecule has 0 aliphatic heterocycles. The summed E-state index contributed by atoms with van der Waals surface area (Å²) in [6.07, 6.45) is -2.66. The van der Waals surface area contributed by atoms with Crippen LogP contribution in [0.5, 0.6) is 5.75 Å². The van der Waals surface area contributed by atoms with Gasteiger partial charge in [0.2, 0.25) is 5.56 Å². The molecule has 0 N–H and O–H groups in total. The first-order valence-corrected chi connectivity index (χ1v) is 8.03. The van der Waals surface area contributed by atoms with Gasteiger partial charge in [0.1, 0.15) is 5.75 Å². The van der Waals surface area contributed by atoms with Gasteiger partial charge in [-0.2, -0.15) is 12.1 Å². The Kier molecular flexibility index (Phi) is 9.23. The van der Waals surface area contributed by atoms with Crippen molar-refractivity contribution < 1.29 is 51.0 Å². The second-order valence-electron chi connectivity index (χ2n) is 4.48. The number of hydrogen-bond donors (Lipinski definition) is 0. The number of alkyl halides is 2. The SMILES string of the molecule is COCOc1ccc(-c2[c-]cc(Br)c(=O)n2CC(F)F)c(Br)c1.[Y]. The van der Waals surface area contributed by atoms with Crippen LogP contribution in [0.4, 0.5) is 8.78 Å². The van der Waals surface area contributed by atoms with Crippen LogP contribution in [0.2, 0.25) is 0 Å². The molecule has 0 bridgehead atoms. The van der Waals surface area contributed by atoms with Crippen LogP contribution in [0.15, 0.2) is 38.0 Å². The fraction of sp³-hybridized carbons (Fsp3) is 0.267. The van der Waals surface area contributed by atoms with Gasteiger partial charge in [0, 0.05) is 39.8 Å². The number of hydrogen-bond acceptors (Lipinski definition) is 3. The van der Waals surface area contributed by atoms with Gasteiger partial charge in [-0.25, -0.2) is 8.78 Å². The number of ether oxygens (including phenoxy) is 2. The first kappa shape index (κ1) is 21.9. The summed E-state index contributed by atoms with van der Waals surface area (Å²) in [4.78, 5) is 12.1. The Hall–Kier alpha value is -0.146. The smallest absolute Gasteiger partial charge is 0.256 e. The van der Waals surface area contributed by atoms with Crippen molar-refractivity contribution in [3.63, 3.8) is 0 Å². The van der Waals surface area contributed by atoms with Crippen molar-refractivity contribution in [1.29, 1.82) is 0 Å². The summed E-state index contributed by atoms with van der Waals surface area (Å²) in [5, 5.41) is 0. The molecule has 0 saturated carbocycles. The number of nitrogens with zero attached hydrogens (tertiary/aromatic N) is 1. The summed E-state index contributed by atoms with van der Waals surface area (Å²) in [6, 6.07) is 9.27. The van der Waals surface area contributed by atoms with E-state index in [0.717, 1.165) is 4.57 Å². The molecule has 4 nitrogen and oxygen atoms in total. The van der Waals surface area contributed by atoms with Crippen molar-refractivity contribution in [3.8, 4) is 17.0 Å². The Morgan fingerprint density at radius 3 is 2.58 bits per heavy atom. The van der Waals surface area contributed by atoms with Crippen LogP contribution in [0.1, 0.15) is 0 Å². The first-order chi connectivity index (χ1) is 10.9. The van der Waals surface area contributed by atoms with E-state index < -0.39 is 18.5 Å². The summed E-state index contributed by atoms with van der Waals surface area (Å²) in [6.45, 7) is -0.620. The van der Waals surface area contributed by atoms with Crippen molar-refractivity contribution in [2.24, 2.45) is 0 Å². The molecule has 0 amide bonds. The molecule has 9 heteroatoms. The zero-order valence-corrected chi connectivity index (χ0v) is 18.6. The fourth-order valence-corrected chi connectivity index (χ4v) is 2.82. The summed E-state index contributed by atoms with van der Waals surface area (Å²) in [7, 11) is 1.50. The molecule has 0 unspecified atom stereocenters. The maximum atomic E-state index is 12.8. The van der Waals surface area contributed by atoms with Crippen LogP contribution in [0.3, 0.4) is 0 Å². The molecule has 127 valence electrons. The van der Waals surface area contributed by atoms with E-state index in [4.69, 9.17) is 9.47 Å². The zero-order chi connectivity index (χ0) is 17.0. The van der Waals surface area contributed by atoms with Gasteiger partial charge in [-0.1, -0.05) is 27.2 Å². The van der Waals surface area contributed by atoms with Crippen molar-refractivity contribution >= 4 is 31.9 Å². The van der Waals surface area contributed by atoms with Gasteiger partial charge in [0.05, 0.1) is 6.54 Å². The van der Waals surface area contributed by atoms with Crippen molar-refractivity contribution in [3.05, 3.63) is 49.6 Å². The van der Waals surface area contributed by atoms with Gasteiger partial charge in [-0.15, -0.1) is 22.0 Å². The van der Waals surface area contributed by atoms with Gasteiger partial charge in [-0.05, 0) is 21.1 Å². The predicted molar refractivity (Wildman–Crippen MR) is 88.9 cm³/mol. The minimum atomic E-state index is -2.66. The summed E-state index contributed by atoms with van der Waals surface area (Å²) >= 11 is 6.41. The molecule has 1 heterocycles. The zero-order valence-electron chi connectivity index (χ0n) is 12.6. The van der Waals surface area contributed by atoms with Crippen molar-refractivity contribution in [1.82, 2.24) is 4.57 Å². The quantitative estimate of drug-likeness (QED) is 0.409. The first-order valence-electron chi connectivity index (χ1n) is 6.45. The minimum absolute atomic E-state index is 0. The number of rotatable bonds is 6. The van der Waals surface area contributed by atoms with Gasteiger partial charge in [0.25, 0.3) is 6.43 Å². The van der Waals surface area contributed by atoms with Crippen LogP contribution in [0.25, 0.3) is 11.3 Å². The third kappa shape index (κ3) is 5.43. The van der Waals surface area contributed by atoms with Crippen molar-refractivity contribution in [2.45, 2.75) is 13.0 Å². The van der Waals surface area contributed by atoms with E-state index >= 15 is 0 Å². The number of benzene rings is 1. The molecule has 1 radical (unpaired) electrons. The molecule has 2 aromatic rings. The molecule has 0 saturated heterocycles. The van der Waals surface area contributed by atoms with E-state index in [9.17, 15) is 13.6 Å². The van der Waals surface area contributed by atoms with E-state index in [1.54, 1.807) is 18.2 Å². The van der Waals surface area contributed by atoms with Gasteiger partial charge in [-0.3, -0.25) is 4.79 Å². The largest absolute Gasteiger partial charge is 0.468 e. The van der Waals surface area contributed by atoms with Crippen LogP contribution in [-0.2, 0) is 44.0 Å². The molecule has 0 aliphatic rings. The number of aromatic nitrogens is 1. The molecule has 1 aromatic heterocycles. The topological polar surface area (TPSA) is 40.5 Å². The van der Waals surface area contributed by atoms with Gasteiger partial charge < -0.3 is 14.0 Å². The summed E-state index contributed by atoms with van der Waals surface area (Å²) < 4.78 is 37.5. The summed E-state index contributed by atoms with van der Waals surface area (Å²) in [5.74, 6) is 0.544. The predicted octanol–water partition coefficient (Wildman–Crippen LogP) is 4.09. The average molecular weight is 541 g/mol. The van der Waals surface area contributed by atoms with Crippen LogP contribution < -0.4 is 10.3 Å². The van der Waals surface area contributed by atoms with Crippen LogP contribution in [-0.4, -0.2) is 24.9 Å². The van der Waals surface area contributed by atoms with Gasteiger partial charge in [0.15, 0.2) is 6.79 Å². The Morgan fingerprint density at radius 1 is 1.29 bits per heavy atom. The van der Waals surface area contributed by atoms with E-state index in [0.29, 0.717) is 15.8 Å². The van der Waals surface area contributed by atoms with E-state index in [2.05, 4.69) is 37.9 Å². The second-order valence-corrected chi connectivity index (χ2v) is 6.19. The minimum Gasteiger partial charge on any atom is -0.468 e. The Morgan fingerprint density at radius 2 is 2.00 bits per heavy atom. The third-order valence-electron chi connectivity index (χ3n) is 2.91. The maximum absolute atomic E-state index is 12.8. The van der Waals surface area contributed by atoms with Crippen molar-refractivity contribution in [2.75, 3.05) is 13.9 Å². The molecule has 24 heavy (non-hydrogen) atoms. The molecular formula is C15H12Br2F2NO3Y-. The number of halogens is 4.